The maximum Gasteiger partial charge on any atom is 0.243 e. The van der Waals surface area contributed by atoms with Crippen LogP contribution in [0.1, 0.15) is 57.4 Å². The Morgan fingerprint density at radius 2 is 1.97 bits per heavy atom. The topological polar surface area (TPSA) is 89.5 Å². The number of fused-ring (bicyclic) bond motifs is 4. The second-order valence-corrected chi connectivity index (χ2v) is 11.9. The first kappa shape index (κ1) is 23.2. The molecule has 196 valence electrons. The van der Waals surface area contributed by atoms with Crippen molar-refractivity contribution in [3.63, 3.8) is 0 Å². The number of carbonyl (C=O) groups excluding carboxylic acids is 1. The molecular formula is C28H38N8O. The molecule has 2 N–H and O–H groups in total. The third kappa shape index (κ3) is 4.31. The van der Waals surface area contributed by atoms with E-state index >= 15 is 0 Å². The third-order valence-electron chi connectivity index (χ3n) is 9.29. The second kappa shape index (κ2) is 9.11. The molecule has 9 heteroatoms. The fourth-order valence-electron chi connectivity index (χ4n) is 7.00. The van der Waals surface area contributed by atoms with Gasteiger partial charge in [-0.05, 0) is 50.7 Å². The van der Waals surface area contributed by atoms with E-state index < -0.39 is 0 Å². The summed E-state index contributed by atoms with van der Waals surface area (Å²) in [6.07, 6.45) is 13.2. The molecule has 2 aromatic rings. The van der Waals surface area contributed by atoms with Gasteiger partial charge in [0.05, 0.1) is 17.4 Å². The maximum atomic E-state index is 12.8. The first-order valence-electron chi connectivity index (χ1n) is 14.2. The highest BCUT2D eigenvalue weighted by atomic mass is 16.2. The Labute approximate surface area is 219 Å². The van der Waals surface area contributed by atoms with Gasteiger partial charge in [-0.2, -0.15) is 4.98 Å². The van der Waals surface area contributed by atoms with E-state index in [-0.39, 0.29) is 17.5 Å². The van der Waals surface area contributed by atoms with Crippen molar-refractivity contribution in [1.29, 1.82) is 0 Å². The summed E-state index contributed by atoms with van der Waals surface area (Å²) in [5.74, 6) is 3.26. The van der Waals surface area contributed by atoms with Crippen LogP contribution in [0.15, 0.2) is 24.5 Å². The zero-order valence-corrected chi connectivity index (χ0v) is 21.8. The summed E-state index contributed by atoms with van der Waals surface area (Å²) in [5.41, 5.74) is 2.21. The molecular weight excluding hydrogens is 464 g/mol. The Kier molecular flexibility index (Phi) is 5.71. The molecule has 2 saturated carbocycles. The van der Waals surface area contributed by atoms with Gasteiger partial charge in [0.1, 0.15) is 17.7 Å². The number of pyridine rings is 1. The molecule has 2 saturated heterocycles. The van der Waals surface area contributed by atoms with Crippen molar-refractivity contribution in [3.05, 3.63) is 30.1 Å². The molecule has 0 bridgehead atoms. The first-order chi connectivity index (χ1) is 18.1. The van der Waals surface area contributed by atoms with Gasteiger partial charge in [-0.1, -0.05) is 19.3 Å². The Hall–Kier alpha value is -2.94. The molecule has 1 unspecified atom stereocenters. The number of nitrogens with one attached hydrogen (secondary N) is 2. The monoisotopic (exact) mass is 502 g/mol. The van der Waals surface area contributed by atoms with Crippen LogP contribution < -0.4 is 20.4 Å². The summed E-state index contributed by atoms with van der Waals surface area (Å²) in [7, 11) is 0. The zero-order valence-electron chi connectivity index (χ0n) is 21.8. The molecule has 5 aliphatic rings. The second-order valence-electron chi connectivity index (χ2n) is 11.9. The molecule has 3 aliphatic heterocycles. The van der Waals surface area contributed by atoms with Crippen molar-refractivity contribution in [2.75, 3.05) is 47.8 Å². The molecule has 5 heterocycles. The first-order valence-corrected chi connectivity index (χ1v) is 14.2. The Balaban J connectivity index is 1.06. The number of carbonyl (C=O) groups is 1. The van der Waals surface area contributed by atoms with E-state index in [0.29, 0.717) is 25.0 Å². The average Bonchev–Trinajstić information content (AvgIpc) is 3.65. The van der Waals surface area contributed by atoms with Crippen LogP contribution in [0.3, 0.4) is 0 Å². The molecule has 2 aromatic heterocycles. The lowest BCUT2D eigenvalue weighted by Crippen LogP contribution is -2.67. The van der Waals surface area contributed by atoms with Crippen LogP contribution in [0, 0.1) is 5.92 Å². The van der Waals surface area contributed by atoms with Crippen LogP contribution in [-0.4, -0.2) is 76.1 Å². The highest BCUT2D eigenvalue weighted by molar-refractivity contribution is 5.90. The average molecular weight is 503 g/mol. The molecule has 4 fully saturated rings. The summed E-state index contributed by atoms with van der Waals surface area (Å²) in [6, 6.07) is 4.57. The quantitative estimate of drug-likeness (QED) is 0.645. The number of piperazine rings is 2. The maximum absolute atomic E-state index is 12.8. The predicted octanol–water partition coefficient (Wildman–Crippen LogP) is 3.10. The van der Waals surface area contributed by atoms with Gasteiger partial charge in [-0.3, -0.25) is 9.69 Å². The summed E-state index contributed by atoms with van der Waals surface area (Å²) in [5, 5.41) is 6.51. The van der Waals surface area contributed by atoms with Gasteiger partial charge in [0.2, 0.25) is 11.9 Å². The van der Waals surface area contributed by atoms with Crippen molar-refractivity contribution in [2.24, 2.45) is 5.92 Å². The van der Waals surface area contributed by atoms with Gasteiger partial charge >= 0.3 is 0 Å². The minimum Gasteiger partial charge on any atom is -0.367 e. The van der Waals surface area contributed by atoms with Crippen molar-refractivity contribution in [2.45, 2.75) is 75.9 Å². The van der Waals surface area contributed by atoms with E-state index in [2.05, 4.69) is 43.3 Å². The third-order valence-corrected chi connectivity index (χ3v) is 9.29. The lowest BCUT2D eigenvalue weighted by molar-refractivity contribution is -0.124. The van der Waals surface area contributed by atoms with E-state index in [1.165, 1.54) is 44.3 Å². The molecule has 37 heavy (non-hydrogen) atoms. The fourth-order valence-corrected chi connectivity index (χ4v) is 7.00. The Morgan fingerprint density at radius 1 is 1.11 bits per heavy atom. The molecule has 9 nitrogen and oxygen atoms in total. The lowest BCUT2D eigenvalue weighted by atomic mass is 9.78. The van der Waals surface area contributed by atoms with E-state index in [0.717, 1.165) is 55.6 Å². The van der Waals surface area contributed by atoms with Crippen LogP contribution in [0.4, 0.5) is 23.3 Å². The summed E-state index contributed by atoms with van der Waals surface area (Å²) < 4.78 is 0. The zero-order chi connectivity index (χ0) is 25.0. The smallest absolute Gasteiger partial charge is 0.243 e. The SMILES string of the molecule is C[C@H]1CN(c2ccc(Nc3ncc4c(n3)N3C(C4)C(=O)NCC34CCCCC4)nc2)CCN1CC1CC1. The molecule has 7 rings (SSSR count). The number of hydrogen-bond donors (Lipinski definition) is 2. The lowest BCUT2D eigenvalue weighted by Gasteiger charge is -2.51. The van der Waals surface area contributed by atoms with Crippen molar-refractivity contribution in [1.82, 2.24) is 25.2 Å². The van der Waals surface area contributed by atoms with E-state index in [9.17, 15) is 4.79 Å². The van der Waals surface area contributed by atoms with Crippen molar-refractivity contribution in [3.8, 4) is 0 Å². The molecule has 0 radical (unpaired) electrons. The van der Waals surface area contributed by atoms with E-state index in [1.807, 2.05) is 18.5 Å². The molecule has 2 aliphatic carbocycles. The van der Waals surface area contributed by atoms with Crippen LogP contribution >= 0.6 is 0 Å². The number of hydrogen-bond acceptors (Lipinski definition) is 8. The summed E-state index contributed by atoms with van der Waals surface area (Å²) >= 11 is 0. The number of amides is 1. The number of anilines is 4. The van der Waals surface area contributed by atoms with Gasteiger partial charge in [0, 0.05) is 56.9 Å². The largest absolute Gasteiger partial charge is 0.367 e. The Morgan fingerprint density at radius 3 is 2.73 bits per heavy atom. The minimum atomic E-state index is -0.170. The van der Waals surface area contributed by atoms with Gasteiger partial charge in [-0.15, -0.1) is 0 Å². The van der Waals surface area contributed by atoms with Crippen molar-refractivity contribution >= 4 is 29.2 Å². The highest BCUT2D eigenvalue weighted by Crippen LogP contribution is 2.44. The van der Waals surface area contributed by atoms with Crippen molar-refractivity contribution < 1.29 is 4.79 Å². The molecule has 1 spiro atoms. The van der Waals surface area contributed by atoms with Gasteiger partial charge < -0.3 is 20.4 Å². The van der Waals surface area contributed by atoms with E-state index in [4.69, 9.17) is 9.97 Å². The summed E-state index contributed by atoms with van der Waals surface area (Å²) in [6.45, 7) is 7.54. The minimum absolute atomic E-state index is 0.0204. The summed E-state index contributed by atoms with van der Waals surface area (Å²) in [4.78, 5) is 34.4. The standard InChI is InChI=1S/C28H38N8O/c1-19-16-35(12-11-34(19)17-20-5-6-20)22-7-8-24(29-15-22)32-27-30-14-21-13-23-26(37)31-18-28(9-3-2-4-10-28)36(23)25(21)33-27/h7-8,14-15,19-20,23H,2-6,9-13,16-18H2,1H3,(H,31,37)(H,29,30,32,33)/t19-,23?/m0/s1. The molecule has 1 amide bonds. The van der Waals surface area contributed by atoms with Crippen LogP contribution in [0.25, 0.3) is 0 Å². The number of aromatic nitrogens is 3. The number of rotatable bonds is 5. The Bertz CT molecular complexity index is 1160. The van der Waals surface area contributed by atoms with Crippen LogP contribution in [0.2, 0.25) is 0 Å². The van der Waals surface area contributed by atoms with E-state index in [1.54, 1.807) is 0 Å². The normalized spacial score (nSPS) is 27.1. The van der Waals surface area contributed by atoms with Crippen LogP contribution in [-0.2, 0) is 11.2 Å². The van der Waals surface area contributed by atoms with Gasteiger partial charge in [0.15, 0.2) is 0 Å². The van der Waals surface area contributed by atoms with Gasteiger partial charge in [-0.25, -0.2) is 9.97 Å². The molecule has 2 atom stereocenters. The highest BCUT2D eigenvalue weighted by Gasteiger charge is 2.51. The predicted molar refractivity (Wildman–Crippen MR) is 144 cm³/mol. The number of nitrogens with zero attached hydrogens (tertiary/aromatic N) is 6. The fraction of sp³-hybridized carbons (Fsp3) is 0.643. The molecule has 0 aromatic carbocycles. The van der Waals surface area contributed by atoms with Crippen LogP contribution in [0.5, 0.6) is 0 Å². The van der Waals surface area contributed by atoms with Gasteiger partial charge in [0.25, 0.3) is 0 Å².